The van der Waals surface area contributed by atoms with E-state index in [0.717, 1.165) is 25.3 Å². The van der Waals surface area contributed by atoms with Crippen molar-refractivity contribution in [3.8, 4) is 5.75 Å². The second-order valence-corrected chi connectivity index (χ2v) is 7.14. The molecule has 0 saturated carbocycles. The number of nitrogens with one attached hydrogen (secondary N) is 1. The third kappa shape index (κ3) is 7.52. The lowest BCUT2D eigenvalue weighted by atomic mass is 10.1. The zero-order chi connectivity index (χ0) is 15.9. The zero-order valence-corrected chi connectivity index (χ0v) is 14.8. The molecule has 2 nitrogen and oxygen atoms in total. The number of ether oxygens (including phenoxy) is 1. The van der Waals surface area contributed by atoms with Gasteiger partial charge in [0.05, 0.1) is 6.61 Å². The Morgan fingerprint density at radius 1 is 0.952 bits per heavy atom. The second kappa shape index (κ2) is 8.43. The predicted octanol–water partition coefficient (Wildman–Crippen LogP) is 4.94. The highest BCUT2D eigenvalue weighted by atomic mass is 16.5. The fourth-order valence-electron chi connectivity index (χ4n) is 2.38. The monoisotopic (exact) mass is 291 g/mol. The van der Waals surface area contributed by atoms with Crippen molar-refractivity contribution in [2.75, 3.05) is 13.2 Å². The molecule has 1 N–H and O–H groups in total. The molecule has 0 unspecified atom stereocenters. The van der Waals surface area contributed by atoms with Gasteiger partial charge in [-0.15, -0.1) is 0 Å². The molecular formula is C19H33NO. The number of hydrogen-bond acceptors (Lipinski definition) is 2. The minimum absolute atomic E-state index is 0.240. The van der Waals surface area contributed by atoms with Crippen molar-refractivity contribution in [1.29, 1.82) is 0 Å². The Balaban J connectivity index is 2.15. The summed E-state index contributed by atoms with van der Waals surface area (Å²) in [5.74, 6) is 1.06. The number of hydrogen-bond donors (Lipinski definition) is 1. The van der Waals surface area contributed by atoms with Crippen molar-refractivity contribution < 1.29 is 4.74 Å². The second-order valence-electron chi connectivity index (χ2n) is 7.14. The van der Waals surface area contributed by atoms with E-state index in [-0.39, 0.29) is 5.54 Å². The highest BCUT2D eigenvalue weighted by Gasteiger charge is 2.07. The summed E-state index contributed by atoms with van der Waals surface area (Å²) >= 11 is 0. The van der Waals surface area contributed by atoms with E-state index in [1.807, 2.05) is 0 Å². The molecule has 120 valence electrons. The highest BCUT2D eigenvalue weighted by molar-refractivity contribution is 5.41. The van der Waals surface area contributed by atoms with Gasteiger partial charge in [-0.2, -0.15) is 0 Å². The minimum Gasteiger partial charge on any atom is -0.493 e. The van der Waals surface area contributed by atoms with E-state index in [9.17, 15) is 0 Å². The maximum Gasteiger partial charge on any atom is 0.122 e. The molecule has 1 rings (SSSR count). The van der Waals surface area contributed by atoms with Crippen LogP contribution >= 0.6 is 0 Å². The molecule has 0 radical (unpaired) electrons. The first-order chi connectivity index (χ1) is 9.79. The lowest BCUT2D eigenvalue weighted by Crippen LogP contribution is -2.36. The molecule has 0 aliphatic heterocycles. The molecular weight excluding hydrogens is 258 g/mol. The number of rotatable bonds is 8. The van der Waals surface area contributed by atoms with E-state index < -0.39 is 0 Å². The molecule has 0 atom stereocenters. The van der Waals surface area contributed by atoms with Gasteiger partial charge in [0.1, 0.15) is 5.75 Å². The molecule has 2 heteroatoms. The molecule has 0 spiro atoms. The number of benzene rings is 1. The lowest BCUT2D eigenvalue weighted by Gasteiger charge is -2.20. The van der Waals surface area contributed by atoms with Crippen molar-refractivity contribution >= 4 is 0 Å². The summed E-state index contributed by atoms with van der Waals surface area (Å²) in [5.41, 5.74) is 4.11. The minimum atomic E-state index is 0.240. The summed E-state index contributed by atoms with van der Waals surface area (Å²) < 4.78 is 5.94. The van der Waals surface area contributed by atoms with E-state index in [2.05, 4.69) is 59.0 Å². The van der Waals surface area contributed by atoms with Gasteiger partial charge < -0.3 is 10.1 Å². The highest BCUT2D eigenvalue weighted by Crippen LogP contribution is 2.23. The standard InChI is InChI=1S/C19H33NO/c1-15-13-16(2)17(3)18(14-15)21-12-10-8-7-9-11-20-19(4,5)6/h13-14,20H,7-12H2,1-6H3. The molecule has 21 heavy (non-hydrogen) atoms. The van der Waals surface area contributed by atoms with Gasteiger partial charge in [-0.05, 0) is 83.7 Å². The molecule has 0 aliphatic rings. The lowest BCUT2D eigenvalue weighted by molar-refractivity contribution is 0.301. The van der Waals surface area contributed by atoms with Gasteiger partial charge in [0.15, 0.2) is 0 Å². The van der Waals surface area contributed by atoms with Crippen LogP contribution in [0.25, 0.3) is 0 Å². The van der Waals surface area contributed by atoms with Crippen molar-refractivity contribution in [1.82, 2.24) is 5.32 Å². The third-order valence-corrected chi connectivity index (χ3v) is 3.75. The van der Waals surface area contributed by atoms with Gasteiger partial charge in [0.2, 0.25) is 0 Å². The van der Waals surface area contributed by atoms with E-state index in [0.29, 0.717) is 0 Å². The van der Waals surface area contributed by atoms with Gasteiger partial charge in [0, 0.05) is 5.54 Å². The molecule has 0 aliphatic carbocycles. The Hall–Kier alpha value is -1.02. The quantitative estimate of drug-likeness (QED) is 0.685. The first-order valence-electron chi connectivity index (χ1n) is 8.25. The molecule has 0 heterocycles. The number of unbranched alkanes of at least 4 members (excludes halogenated alkanes) is 3. The smallest absolute Gasteiger partial charge is 0.122 e. The topological polar surface area (TPSA) is 21.3 Å². The fourth-order valence-corrected chi connectivity index (χ4v) is 2.38. The number of aryl methyl sites for hydroxylation is 2. The van der Waals surface area contributed by atoms with Crippen molar-refractivity contribution in [3.05, 3.63) is 28.8 Å². The SMILES string of the molecule is Cc1cc(C)c(C)c(OCCCCCCNC(C)(C)C)c1. The molecule has 0 saturated heterocycles. The van der Waals surface area contributed by atoms with Gasteiger partial charge in [-0.25, -0.2) is 0 Å². The van der Waals surface area contributed by atoms with Crippen LogP contribution in [0.5, 0.6) is 5.75 Å². The van der Waals surface area contributed by atoms with E-state index >= 15 is 0 Å². The van der Waals surface area contributed by atoms with E-state index in [4.69, 9.17) is 4.74 Å². The molecule has 0 amide bonds. The Morgan fingerprint density at radius 2 is 1.62 bits per heavy atom. The summed E-state index contributed by atoms with van der Waals surface area (Å²) in [6.07, 6.45) is 4.91. The van der Waals surface area contributed by atoms with Crippen molar-refractivity contribution in [2.24, 2.45) is 0 Å². The first kappa shape index (κ1) is 18.0. The Kier molecular flexibility index (Phi) is 7.24. The van der Waals surface area contributed by atoms with Crippen molar-refractivity contribution in [3.63, 3.8) is 0 Å². The molecule has 0 bridgehead atoms. The van der Waals surface area contributed by atoms with Gasteiger partial charge in [-0.1, -0.05) is 18.9 Å². The van der Waals surface area contributed by atoms with E-state index in [1.165, 1.54) is 36.0 Å². The normalized spacial score (nSPS) is 11.7. The Morgan fingerprint density at radius 3 is 2.29 bits per heavy atom. The van der Waals surface area contributed by atoms with Crippen LogP contribution in [0.1, 0.15) is 63.1 Å². The third-order valence-electron chi connectivity index (χ3n) is 3.75. The van der Waals surface area contributed by atoms with E-state index in [1.54, 1.807) is 0 Å². The summed E-state index contributed by atoms with van der Waals surface area (Å²) in [4.78, 5) is 0. The van der Waals surface area contributed by atoms with Crippen LogP contribution in [0.2, 0.25) is 0 Å². The van der Waals surface area contributed by atoms with Gasteiger partial charge >= 0.3 is 0 Å². The Labute approximate surface area is 131 Å². The summed E-state index contributed by atoms with van der Waals surface area (Å²) in [7, 11) is 0. The maximum absolute atomic E-state index is 5.94. The predicted molar refractivity (Wildman–Crippen MR) is 92.4 cm³/mol. The summed E-state index contributed by atoms with van der Waals surface area (Å²) in [6, 6.07) is 4.36. The maximum atomic E-state index is 5.94. The Bertz CT molecular complexity index is 432. The fraction of sp³-hybridized carbons (Fsp3) is 0.684. The van der Waals surface area contributed by atoms with Gasteiger partial charge in [-0.3, -0.25) is 0 Å². The van der Waals surface area contributed by atoms with Crippen molar-refractivity contribution in [2.45, 2.75) is 72.8 Å². The van der Waals surface area contributed by atoms with Crippen LogP contribution in [-0.4, -0.2) is 18.7 Å². The average molecular weight is 291 g/mol. The molecule has 0 aromatic heterocycles. The van der Waals surface area contributed by atoms with Crippen LogP contribution in [0.15, 0.2) is 12.1 Å². The summed E-state index contributed by atoms with van der Waals surface area (Å²) in [5, 5.41) is 3.53. The van der Waals surface area contributed by atoms with Gasteiger partial charge in [0.25, 0.3) is 0 Å². The van der Waals surface area contributed by atoms with Crippen LogP contribution in [0, 0.1) is 20.8 Å². The average Bonchev–Trinajstić information content (AvgIpc) is 2.36. The molecule has 1 aromatic rings. The largest absolute Gasteiger partial charge is 0.493 e. The van der Waals surface area contributed by atoms with Crippen LogP contribution in [-0.2, 0) is 0 Å². The molecule has 1 aromatic carbocycles. The first-order valence-corrected chi connectivity index (χ1v) is 8.25. The molecule has 0 fully saturated rings. The van der Waals surface area contributed by atoms with Crippen LogP contribution < -0.4 is 10.1 Å². The zero-order valence-electron chi connectivity index (χ0n) is 14.8. The summed E-state index contributed by atoms with van der Waals surface area (Å²) in [6.45, 7) is 15.0. The van der Waals surface area contributed by atoms with Crippen LogP contribution in [0.4, 0.5) is 0 Å². The van der Waals surface area contributed by atoms with Crippen LogP contribution in [0.3, 0.4) is 0 Å².